The zero-order chi connectivity index (χ0) is 14.3. The van der Waals surface area contributed by atoms with Crippen molar-refractivity contribution in [2.24, 2.45) is 5.92 Å². The molecule has 19 heavy (non-hydrogen) atoms. The third kappa shape index (κ3) is 5.27. The topological polar surface area (TPSA) is 96.1 Å². The van der Waals surface area contributed by atoms with Gasteiger partial charge in [0.15, 0.2) is 5.03 Å². The Hall–Kier alpha value is -0.960. The second-order valence-corrected chi connectivity index (χ2v) is 6.33. The van der Waals surface area contributed by atoms with Gasteiger partial charge in [0.25, 0.3) is 10.0 Å². The number of ether oxygens (including phenoxy) is 1. The normalized spacial score (nSPS) is 12.2. The maximum absolute atomic E-state index is 12.0. The van der Waals surface area contributed by atoms with Crippen LogP contribution in [0.2, 0.25) is 0 Å². The molecule has 0 aliphatic carbocycles. The molecular weight excluding hydrogens is 268 g/mol. The van der Waals surface area contributed by atoms with Crippen LogP contribution in [-0.4, -0.2) is 45.4 Å². The lowest BCUT2D eigenvalue weighted by Crippen LogP contribution is -2.29. The molecule has 1 heterocycles. The first-order chi connectivity index (χ1) is 8.97. The summed E-state index contributed by atoms with van der Waals surface area (Å²) in [5.41, 5.74) is 0.609. The van der Waals surface area contributed by atoms with Crippen molar-refractivity contribution in [3.05, 3.63) is 11.8 Å². The minimum absolute atomic E-state index is 0.103. The Morgan fingerprint density at radius 2 is 2.21 bits per heavy atom. The first-order valence-electron chi connectivity index (χ1n) is 6.21. The summed E-state index contributed by atoms with van der Waals surface area (Å²) in [6.45, 7) is 5.74. The molecule has 7 nitrogen and oxygen atoms in total. The number of aromatic nitrogens is 2. The second-order valence-electron chi connectivity index (χ2n) is 4.62. The van der Waals surface area contributed by atoms with E-state index in [2.05, 4.69) is 20.2 Å². The van der Waals surface area contributed by atoms with Gasteiger partial charge >= 0.3 is 0 Å². The van der Waals surface area contributed by atoms with Crippen molar-refractivity contribution in [1.29, 1.82) is 0 Å². The molecule has 1 aromatic rings. The van der Waals surface area contributed by atoms with E-state index in [4.69, 9.17) is 4.74 Å². The van der Waals surface area contributed by atoms with Crippen LogP contribution < -0.4 is 10.0 Å². The third-order valence-electron chi connectivity index (χ3n) is 2.30. The summed E-state index contributed by atoms with van der Waals surface area (Å²) in [4.78, 5) is 0. The Labute approximate surface area is 114 Å². The van der Waals surface area contributed by atoms with Crippen molar-refractivity contribution < 1.29 is 13.2 Å². The average Bonchev–Trinajstić information content (AvgIpc) is 2.77. The number of aromatic amines is 1. The summed E-state index contributed by atoms with van der Waals surface area (Å²) >= 11 is 0. The fourth-order valence-electron chi connectivity index (χ4n) is 1.49. The van der Waals surface area contributed by atoms with E-state index in [1.54, 1.807) is 7.05 Å². The largest absolute Gasteiger partial charge is 0.380 e. The molecule has 110 valence electrons. The third-order valence-corrected chi connectivity index (χ3v) is 3.78. The Morgan fingerprint density at radius 1 is 1.47 bits per heavy atom. The number of hydrogen-bond donors (Lipinski definition) is 3. The summed E-state index contributed by atoms with van der Waals surface area (Å²) in [6, 6.07) is 0. The number of H-pyrrole nitrogens is 1. The lowest BCUT2D eigenvalue weighted by molar-refractivity contribution is 0.114. The summed E-state index contributed by atoms with van der Waals surface area (Å²) in [5.74, 6) is 0.437. The lowest BCUT2D eigenvalue weighted by Gasteiger charge is -2.09. The molecule has 0 fully saturated rings. The van der Waals surface area contributed by atoms with Crippen molar-refractivity contribution in [2.45, 2.75) is 25.4 Å². The molecule has 0 saturated carbocycles. The maximum Gasteiger partial charge on any atom is 0.257 e. The molecule has 8 heteroatoms. The van der Waals surface area contributed by atoms with E-state index in [-0.39, 0.29) is 11.6 Å². The molecule has 1 rings (SSSR count). The fraction of sp³-hybridized carbons (Fsp3) is 0.727. The van der Waals surface area contributed by atoms with Crippen LogP contribution in [0.15, 0.2) is 11.2 Å². The van der Waals surface area contributed by atoms with Crippen LogP contribution in [0.4, 0.5) is 0 Å². The monoisotopic (exact) mass is 290 g/mol. The Bertz CT molecular complexity index is 470. The van der Waals surface area contributed by atoms with E-state index in [0.29, 0.717) is 31.2 Å². The van der Waals surface area contributed by atoms with Crippen molar-refractivity contribution in [3.8, 4) is 0 Å². The van der Waals surface area contributed by atoms with Crippen molar-refractivity contribution >= 4 is 10.0 Å². The van der Waals surface area contributed by atoms with Crippen LogP contribution in [0.25, 0.3) is 0 Å². The van der Waals surface area contributed by atoms with Gasteiger partial charge in [0.1, 0.15) is 0 Å². The summed E-state index contributed by atoms with van der Waals surface area (Å²) in [6.07, 6.45) is 1.50. The van der Waals surface area contributed by atoms with E-state index in [1.807, 2.05) is 13.8 Å². The molecule has 0 atom stereocenters. The van der Waals surface area contributed by atoms with E-state index in [1.165, 1.54) is 6.20 Å². The zero-order valence-corrected chi connectivity index (χ0v) is 12.4. The number of rotatable bonds is 9. The van der Waals surface area contributed by atoms with Crippen LogP contribution in [0.3, 0.4) is 0 Å². The molecule has 0 amide bonds. The molecule has 1 aromatic heterocycles. The second kappa shape index (κ2) is 7.59. The molecule has 0 bridgehead atoms. The van der Waals surface area contributed by atoms with Gasteiger partial charge in [-0.25, -0.2) is 13.1 Å². The SMILES string of the molecule is CNCc1cn[nH]c1S(=O)(=O)NCCOCC(C)C. The van der Waals surface area contributed by atoms with E-state index in [0.717, 1.165) is 0 Å². The smallest absolute Gasteiger partial charge is 0.257 e. The molecule has 0 unspecified atom stereocenters. The first-order valence-corrected chi connectivity index (χ1v) is 7.70. The molecular formula is C11H22N4O3S. The van der Waals surface area contributed by atoms with E-state index < -0.39 is 10.0 Å². The van der Waals surface area contributed by atoms with Crippen LogP contribution in [-0.2, 0) is 21.3 Å². The molecule has 3 N–H and O–H groups in total. The van der Waals surface area contributed by atoms with Crippen molar-refractivity contribution in [2.75, 3.05) is 26.8 Å². The summed E-state index contributed by atoms with van der Waals surface area (Å²) < 4.78 is 31.8. The highest BCUT2D eigenvalue weighted by Crippen LogP contribution is 2.10. The maximum atomic E-state index is 12.0. The number of sulfonamides is 1. The molecule has 0 aliphatic rings. The predicted octanol–water partition coefficient (Wildman–Crippen LogP) is 0.0800. The van der Waals surface area contributed by atoms with Gasteiger partial charge in [0.05, 0.1) is 12.8 Å². The minimum Gasteiger partial charge on any atom is -0.380 e. The van der Waals surface area contributed by atoms with Crippen molar-refractivity contribution in [1.82, 2.24) is 20.2 Å². The van der Waals surface area contributed by atoms with Gasteiger partial charge in [0, 0.05) is 25.3 Å². The van der Waals surface area contributed by atoms with Crippen molar-refractivity contribution in [3.63, 3.8) is 0 Å². The first kappa shape index (κ1) is 16.1. The molecule has 0 aromatic carbocycles. The van der Waals surface area contributed by atoms with Gasteiger partial charge in [-0.1, -0.05) is 13.8 Å². The fourth-order valence-corrected chi connectivity index (χ4v) is 2.63. The van der Waals surface area contributed by atoms with Gasteiger partial charge in [-0.2, -0.15) is 5.10 Å². The van der Waals surface area contributed by atoms with Gasteiger partial charge in [-0.05, 0) is 13.0 Å². The van der Waals surface area contributed by atoms with Gasteiger partial charge in [-0.15, -0.1) is 0 Å². The lowest BCUT2D eigenvalue weighted by atomic mass is 10.2. The van der Waals surface area contributed by atoms with Gasteiger partial charge in [-0.3, -0.25) is 5.10 Å². The predicted molar refractivity (Wildman–Crippen MR) is 72.2 cm³/mol. The van der Waals surface area contributed by atoms with Crippen LogP contribution >= 0.6 is 0 Å². The molecule has 0 spiro atoms. The highest BCUT2D eigenvalue weighted by atomic mass is 32.2. The molecule has 0 radical (unpaired) electrons. The van der Waals surface area contributed by atoms with Gasteiger partial charge < -0.3 is 10.1 Å². The van der Waals surface area contributed by atoms with Crippen LogP contribution in [0.5, 0.6) is 0 Å². The Kier molecular flexibility index (Phi) is 6.43. The molecule has 0 aliphatic heterocycles. The Morgan fingerprint density at radius 3 is 2.84 bits per heavy atom. The highest BCUT2D eigenvalue weighted by Gasteiger charge is 2.19. The number of nitrogens with one attached hydrogen (secondary N) is 3. The Balaban J connectivity index is 2.49. The summed E-state index contributed by atoms with van der Waals surface area (Å²) in [5, 5.41) is 9.26. The van der Waals surface area contributed by atoms with Gasteiger partial charge in [0.2, 0.25) is 0 Å². The number of hydrogen-bond acceptors (Lipinski definition) is 5. The average molecular weight is 290 g/mol. The zero-order valence-electron chi connectivity index (χ0n) is 11.6. The van der Waals surface area contributed by atoms with E-state index in [9.17, 15) is 8.42 Å². The van der Waals surface area contributed by atoms with Crippen LogP contribution in [0, 0.1) is 5.92 Å². The molecule has 0 saturated heterocycles. The highest BCUT2D eigenvalue weighted by molar-refractivity contribution is 7.89. The quantitative estimate of drug-likeness (QED) is 0.560. The van der Waals surface area contributed by atoms with E-state index >= 15 is 0 Å². The standard InChI is InChI=1S/C11H22N4O3S/c1-9(2)8-18-5-4-14-19(16,17)11-10(6-12-3)7-13-15-11/h7,9,12,14H,4-6,8H2,1-3H3,(H,13,15). The number of nitrogens with zero attached hydrogens (tertiary/aromatic N) is 1. The minimum atomic E-state index is -3.56. The van der Waals surface area contributed by atoms with Crippen LogP contribution in [0.1, 0.15) is 19.4 Å². The summed E-state index contributed by atoms with van der Waals surface area (Å²) in [7, 11) is -1.81.